The Hall–Kier alpha value is -2.22. The molecule has 122 valence electrons. The molecule has 8 nitrogen and oxygen atoms in total. The third kappa shape index (κ3) is 2.74. The molecule has 1 fully saturated rings. The molecule has 0 saturated heterocycles. The van der Waals surface area contributed by atoms with E-state index < -0.39 is 0 Å². The lowest BCUT2D eigenvalue weighted by Gasteiger charge is -2.31. The molecule has 0 aromatic carbocycles. The number of hydrogen-bond acceptors (Lipinski definition) is 6. The minimum atomic E-state index is -0.262. The van der Waals surface area contributed by atoms with E-state index in [1.165, 1.54) is 12.8 Å². The number of nitrogens with one attached hydrogen (secondary N) is 1. The molecule has 1 N–H and O–H groups in total. The molecule has 23 heavy (non-hydrogen) atoms. The Labute approximate surface area is 133 Å². The molecule has 4 rings (SSSR count). The molecule has 2 aromatic heterocycles. The van der Waals surface area contributed by atoms with Crippen LogP contribution in [0.1, 0.15) is 43.1 Å². The van der Waals surface area contributed by atoms with Crippen molar-refractivity contribution in [3.63, 3.8) is 0 Å². The topological polar surface area (TPSA) is 89.1 Å². The summed E-state index contributed by atoms with van der Waals surface area (Å²) >= 11 is 0. The van der Waals surface area contributed by atoms with Gasteiger partial charge in [0.2, 0.25) is 5.91 Å². The number of aryl methyl sites for hydroxylation is 1. The maximum atomic E-state index is 12.4. The van der Waals surface area contributed by atoms with Crippen molar-refractivity contribution in [1.82, 2.24) is 24.8 Å². The molecular weight excluding hydrogens is 296 g/mol. The molecule has 1 aliphatic heterocycles. The minimum Gasteiger partial charge on any atom is -0.360 e. The van der Waals surface area contributed by atoms with Gasteiger partial charge in [0, 0.05) is 25.1 Å². The summed E-state index contributed by atoms with van der Waals surface area (Å²) in [6.07, 6.45) is 2.44. The fraction of sp³-hybridized carbons (Fsp3) is 0.600. The van der Waals surface area contributed by atoms with Crippen LogP contribution in [0.2, 0.25) is 0 Å². The van der Waals surface area contributed by atoms with Crippen LogP contribution in [0.15, 0.2) is 10.6 Å². The molecule has 1 amide bonds. The van der Waals surface area contributed by atoms with Crippen molar-refractivity contribution in [3.05, 3.63) is 23.5 Å². The van der Waals surface area contributed by atoms with Gasteiger partial charge in [-0.3, -0.25) is 9.69 Å². The van der Waals surface area contributed by atoms with Crippen LogP contribution in [0.25, 0.3) is 0 Å². The summed E-state index contributed by atoms with van der Waals surface area (Å²) < 4.78 is 7.19. The smallest absolute Gasteiger partial charge is 0.242 e. The first kappa shape index (κ1) is 14.4. The first-order valence-electron chi connectivity index (χ1n) is 8.02. The molecule has 0 bridgehead atoms. The van der Waals surface area contributed by atoms with Crippen LogP contribution >= 0.6 is 0 Å². The number of nitrogens with zero attached hydrogens (tertiary/aromatic N) is 5. The highest BCUT2D eigenvalue weighted by molar-refractivity contribution is 5.93. The lowest BCUT2D eigenvalue weighted by molar-refractivity contribution is -0.121. The molecule has 0 radical (unpaired) electrons. The van der Waals surface area contributed by atoms with E-state index >= 15 is 0 Å². The highest BCUT2D eigenvalue weighted by Crippen LogP contribution is 2.39. The third-order valence-electron chi connectivity index (χ3n) is 4.56. The number of fused-ring (bicyclic) bond motifs is 1. The predicted molar refractivity (Wildman–Crippen MR) is 81.7 cm³/mol. The standard InChI is InChI=1S/C15H20N6O2/c1-9-7-12(19-23-9)16-15(22)10(2)20-5-6-21-13(8-20)17-18-14(21)11-3-4-11/h7,10-11H,3-6,8H2,1-2H3,(H,16,19,22). The second kappa shape index (κ2) is 5.45. The van der Waals surface area contributed by atoms with Crippen LogP contribution in [-0.4, -0.2) is 43.3 Å². The SMILES string of the molecule is Cc1cc(NC(=O)C(C)N2CCn3c(nnc3C3CC3)C2)no1. The van der Waals surface area contributed by atoms with Gasteiger partial charge in [-0.25, -0.2) is 0 Å². The first-order chi connectivity index (χ1) is 11.1. The maximum Gasteiger partial charge on any atom is 0.242 e. The fourth-order valence-corrected chi connectivity index (χ4v) is 2.99. The van der Waals surface area contributed by atoms with Gasteiger partial charge in [-0.2, -0.15) is 0 Å². The average Bonchev–Trinajstić information content (AvgIpc) is 3.17. The highest BCUT2D eigenvalue weighted by atomic mass is 16.5. The molecular formula is C15H20N6O2. The number of aromatic nitrogens is 4. The zero-order chi connectivity index (χ0) is 16.0. The van der Waals surface area contributed by atoms with Crippen molar-refractivity contribution in [2.24, 2.45) is 0 Å². The van der Waals surface area contributed by atoms with Crippen molar-refractivity contribution in [2.75, 3.05) is 11.9 Å². The van der Waals surface area contributed by atoms with Crippen LogP contribution < -0.4 is 5.32 Å². The maximum absolute atomic E-state index is 12.4. The van der Waals surface area contributed by atoms with E-state index in [4.69, 9.17) is 4.52 Å². The van der Waals surface area contributed by atoms with Crippen molar-refractivity contribution in [3.8, 4) is 0 Å². The summed E-state index contributed by atoms with van der Waals surface area (Å²) in [6.45, 7) is 6.00. The minimum absolute atomic E-state index is 0.0892. The van der Waals surface area contributed by atoms with E-state index in [2.05, 4.69) is 30.1 Å². The summed E-state index contributed by atoms with van der Waals surface area (Å²) in [5, 5.41) is 15.2. The Morgan fingerprint density at radius 1 is 1.39 bits per heavy atom. The van der Waals surface area contributed by atoms with Crippen LogP contribution in [0, 0.1) is 6.92 Å². The summed E-state index contributed by atoms with van der Waals surface area (Å²) in [7, 11) is 0. The van der Waals surface area contributed by atoms with Crippen molar-refractivity contribution >= 4 is 11.7 Å². The third-order valence-corrected chi connectivity index (χ3v) is 4.56. The number of rotatable bonds is 4. The number of carbonyl (C=O) groups is 1. The second-order valence-electron chi connectivity index (χ2n) is 6.36. The number of hydrogen-bond donors (Lipinski definition) is 1. The fourth-order valence-electron chi connectivity index (χ4n) is 2.99. The van der Waals surface area contributed by atoms with Gasteiger partial charge >= 0.3 is 0 Å². The van der Waals surface area contributed by atoms with Crippen molar-refractivity contribution in [2.45, 2.75) is 51.7 Å². The van der Waals surface area contributed by atoms with Gasteiger partial charge in [0.1, 0.15) is 17.4 Å². The molecule has 1 saturated carbocycles. The Bertz CT molecular complexity index is 732. The van der Waals surface area contributed by atoms with E-state index in [9.17, 15) is 4.79 Å². The Morgan fingerprint density at radius 2 is 2.22 bits per heavy atom. The average molecular weight is 316 g/mol. The van der Waals surface area contributed by atoms with Gasteiger partial charge in [-0.15, -0.1) is 10.2 Å². The number of carbonyl (C=O) groups excluding carboxylic acids is 1. The highest BCUT2D eigenvalue weighted by Gasteiger charge is 2.33. The zero-order valence-electron chi connectivity index (χ0n) is 13.3. The predicted octanol–water partition coefficient (Wildman–Crippen LogP) is 1.29. The quantitative estimate of drug-likeness (QED) is 0.914. The summed E-state index contributed by atoms with van der Waals surface area (Å²) in [4.78, 5) is 14.5. The molecule has 1 unspecified atom stereocenters. The number of amides is 1. The normalized spacial score (nSPS) is 19.4. The lowest BCUT2D eigenvalue weighted by Crippen LogP contribution is -2.46. The molecule has 2 aliphatic rings. The van der Waals surface area contributed by atoms with Crippen molar-refractivity contribution in [1.29, 1.82) is 0 Å². The molecule has 1 aliphatic carbocycles. The molecule has 3 heterocycles. The Morgan fingerprint density at radius 3 is 2.91 bits per heavy atom. The van der Waals surface area contributed by atoms with Gasteiger partial charge in [0.15, 0.2) is 5.82 Å². The molecule has 2 aromatic rings. The Kier molecular flexibility index (Phi) is 3.41. The summed E-state index contributed by atoms with van der Waals surface area (Å²) in [5.74, 6) is 3.71. The summed E-state index contributed by atoms with van der Waals surface area (Å²) in [6, 6.07) is 1.45. The molecule has 8 heteroatoms. The van der Waals surface area contributed by atoms with Gasteiger partial charge < -0.3 is 14.4 Å². The monoisotopic (exact) mass is 316 g/mol. The summed E-state index contributed by atoms with van der Waals surface area (Å²) in [5.41, 5.74) is 0. The van der Waals surface area contributed by atoms with Gasteiger partial charge in [-0.05, 0) is 26.7 Å². The van der Waals surface area contributed by atoms with Crippen LogP contribution in [0.5, 0.6) is 0 Å². The van der Waals surface area contributed by atoms with Crippen LogP contribution in [0.4, 0.5) is 5.82 Å². The second-order valence-corrected chi connectivity index (χ2v) is 6.36. The lowest BCUT2D eigenvalue weighted by atomic mass is 10.2. The number of anilines is 1. The van der Waals surface area contributed by atoms with E-state index in [0.717, 1.165) is 24.7 Å². The van der Waals surface area contributed by atoms with E-state index in [1.807, 2.05) is 6.92 Å². The van der Waals surface area contributed by atoms with Crippen molar-refractivity contribution < 1.29 is 9.32 Å². The van der Waals surface area contributed by atoms with Gasteiger partial charge in [-0.1, -0.05) is 5.16 Å². The molecule has 0 spiro atoms. The first-order valence-corrected chi connectivity index (χ1v) is 8.02. The van der Waals surface area contributed by atoms with E-state index in [-0.39, 0.29) is 11.9 Å². The van der Waals surface area contributed by atoms with Gasteiger partial charge in [0.25, 0.3) is 0 Å². The Balaban J connectivity index is 1.42. The van der Waals surface area contributed by atoms with Crippen LogP contribution in [0.3, 0.4) is 0 Å². The zero-order valence-corrected chi connectivity index (χ0v) is 13.3. The van der Waals surface area contributed by atoms with Crippen LogP contribution in [-0.2, 0) is 17.9 Å². The van der Waals surface area contributed by atoms with E-state index in [1.54, 1.807) is 13.0 Å². The van der Waals surface area contributed by atoms with E-state index in [0.29, 0.717) is 24.0 Å². The van der Waals surface area contributed by atoms with Gasteiger partial charge in [0.05, 0.1) is 12.6 Å². The largest absolute Gasteiger partial charge is 0.360 e. The molecule has 1 atom stereocenters.